The molecule has 0 heterocycles. The normalized spacial score (nSPS) is 10.2. The van der Waals surface area contributed by atoms with Crippen molar-refractivity contribution < 1.29 is 14.7 Å². The minimum atomic E-state index is -1.03. The predicted octanol–water partition coefficient (Wildman–Crippen LogP) is 3.29. The van der Waals surface area contributed by atoms with E-state index in [1.807, 2.05) is 0 Å². The number of nitrogens with one attached hydrogen (secondary N) is 1. The van der Waals surface area contributed by atoms with E-state index in [0.29, 0.717) is 27.0 Å². The molecule has 0 unspecified atom stereocenters. The average Bonchev–Trinajstić information content (AvgIpc) is 2.39. The molecule has 0 aliphatic carbocycles. The van der Waals surface area contributed by atoms with Crippen molar-refractivity contribution in [3.05, 3.63) is 57.6 Å². The number of rotatable bonds is 3. The number of hydrogen-bond acceptors (Lipinski definition) is 3. The van der Waals surface area contributed by atoms with Crippen LogP contribution < -0.4 is 11.1 Å². The molecule has 6 heteroatoms. The Morgan fingerprint density at radius 3 is 2.52 bits per heavy atom. The number of carboxylic acid groups (broad SMARTS) is 1. The van der Waals surface area contributed by atoms with Gasteiger partial charge in [-0.2, -0.15) is 0 Å². The Kier molecular flexibility index (Phi) is 4.28. The molecule has 5 nitrogen and oxygen atoms in total. The van der Waals surface area contributed by atoms with Crippen molar-refractivity contribution in [3.8, 4) is 0 Å². The van der Waals surface area contributed by atoms with E-state index in [4.69, 9.17) is 10.8 Å². The molecule has 2 aromatic carbocycles. The van der Waals surface area contributed by atoms with Gasteiger partial charge < -0.3 is 16.2 Å². The van der Waals surface area contributed by atoms with Crippen molar-refractivity contribution in [3.63, 3.8) is 0 Å². The molecule has 21 heavy (non-hydrogen) atoms. The van der Waals surface area contributed by atoms with Gasteiger partial charge in [-0.15, -0.1) is 0 Å². The average molecular weight is 349 g/mol. The first-order valence-corrected chi connectivity index (χ1v) is 6.87. The number of aromatic carboxylic acids is 1. The topological polar surface area (TPSA) is 92.4 Å². The first-order chi connectivity index (χ1) is 9.86. The zero-order valence-electron chi connectivity index (χ0n) is 11.2. The summed E-state index contributed by atoms with van der Waals surface area (Å²) in [5.74, 6) is -1.39. The first kappa shape index (κ1) is 15.1. The van der Waals surface area contributed by atoms with Gasteiger partial charge in [-0.1, -0.05) is 22.0 Å². The number of halogens is 1. The van der Waals surface area contributed by atoms with Gasteiger partial charge in [0.2, 0.25) is 0 Å². The fourth-order valence-electron chi connectivity index (χ4n) is 1.88. The predicted molar refractivity (Wildman–Crippen MR) is 84.6 cm³/mol. The van der Waals surface area contributed by atoms with Crippen LogP contribution in [0.1, 0.15) is 26.3 Å². The van der Waals surface area contributed by atoms with Crippen molar-refractivity contribution in [1.29, 1.82) is 0 Å². The fourth-order valence-corrected chi connectivity index (χ4v) is 2.39. The molecule has 4 N–H and O–H groups in total. The third kappa shape index (κ3) is 3.61. The van der Waals surface area contributed by atoms with Crippen LogP contribution in [0.15, 0.2) is 40.9 Å². The summed E-state index contributed by atoms with van der Waals surface area (Å²) >= 11 is 3.27. The van der Waals surface area contributed by atoms with Gasteiger partial charge in [0.15, 0.2) is 0 Å². The number of carboxylic acids is 1. The number of carbonyl (C=O) groups is 2. The summed E-state index contributed by atoms with van der Waals surface area (Å²) in [6.45, 7) is 1.70. The van der Waals surface area contributed by atoms with E-state index in [1.165, 1.54) is 6.07 Å². The Bertz CT molecular complexity index is 709. The highest BCUT2D eigenvalue weighted by atomic mass is 79.9. The van der Waals surface area contributed by atoms with Crippen LogP contribution in [0.5, 0.6) is 0 Å². The molecule has 2 rings (SSSR count). The van der Waals surface area contributed by atoms with Gasteiger partial charge in [0.25, 0.3) is 5.91 Å². The van der Waals surface area contributed by atoms with Gasteiger partial charge in [-0.25, -0.2) is 4.79 Å². The second-order valence-corrected chi connectivity index (χ2v) is 5.48. The third-order valence-electron chi connectivity index (χ3n) is 2.91. The first-order valence-electron chi connectivity index (χ1n) is 6.08. The monoisotopic (exact) mass is 348 g/mol. The van der Waals surface area contributed by atoms with Crippen LogP contribution in [-0.2, 0) is 0 Å². The Balaban J connectivity index is 2.27. The van der Waals surface area contributed by atoms with E-state index in [9.17, 15) is 9.59 Å². The van der Waals surface area contributed by atoms with Crippen LogP contribution >= 0.6 is 15.9 Å². The lowest BCUT2D eigenvalue weighted by Gasteiger charge is -2.09. The smallest absolute Gasteiger partial charge is 0.336 e. The van der Waals surface area contributed by atoms with Gasteiger partial charge in [0.05, 0.1) is 5.56 Å². The van der Waals surface area contributed by atoms with Crippen LogP contribution in [0, 0.1) is 6.92 Å². The summed E-state index contributed by atoms with van der Waals surface area (Å²) in [5.41, 5.74) is 7.74. The van der Waals surface area contributed by atoms with E-state index in [-0.39, 0.29) is 11.5 Å². The zero-order chi connectivity index (χ0) is 15.6. The standard InChI is InChI=1S/C15H13BrN2O3/c1-8-2-3-12(7-13(8)15(20)21)18-14(19)9-4-10(16)6-11(17)5-9/h2-7H,17H2,1H3,(H,18,19)(H,20,21). The summed E-state index contributed by atoms with van der Waals surface area (Å²) < 4.78 is 0.697. The number of anilines is 2. The molecule has 0 aliphatic rings. The molecule has 0 spiro atoms. The quantitative estimate of drug-likeness (QED) is 0.742. The lowest BCUT2D eigenvalue weighted by atomic mass is 10.1. The van der Waals surface area contributed by atoms with Crippen LogP contribution in [0.3, 0.4) is 0 Å². The number of nitrogens with two attached hydrogens (primary N) is 1. The SMILES string of the molecule is Cc1ccc(NC(=O)c2cc(N)cc(Br)c2)cc1C(=O)O. The lowest BCUT2D eigenvalue weighted by Crippen LogP contribution is -2.13. The number of nitrogen functional groups attached to an aromatic ring is 1. The van der Waals surface area contributed by atoms with Crippen molar-refractivity contribution in [2.75, 3.05) is 11.1 Å². The van der Waals surface area contributed by atoms with Crippen LogP contribution in [0.4, 0.5) is 11.4 Å². The molecule has 1 amide bonds. The molecule has 0 saturated heterocycles. The van der Waals surface area contributed by atoms with Gasteiger partial charge >= 0.3 is 5.97 Å². The highest BCUT2D eigenvalue weighted by Crippen LogP contribution is 2.20. The van der Waals surface area contributed by atoms with Crippen LogP contribution in [0.25, 0.3) is 0 Å². The van der Waals surface area contributed by atoms with Crippen LogP contribution in [-0.4, -0.2) is 17.0 Å². The van der Waals surface area contributed by atoms with E-state index in [2.05, 4.69) is 21.2 Å². The van der Waals surface area contributed by atoms with Gasteiger partial charge in [0.1, 0.15) is 0 Å². The van der Waals surface area contributed by atoms with E-state index in [0.717, 1.165) is 0 Å². The molecule has 0 saturated carbocycles. The van der Waals surface area contributed by atoms with Gasteiger partial charge in [-0.3, -0.25) is 4.79 Å². The number of benzene rings is 2. The largest absolute Gasteiger partial charge is 0.478 e. The minimum Gasteiger partial charge on any atom is -0.478 e. The number of hydrogen-bond donors (Lipinski definition) is 3. The molecule has 0 aliphatic heterocycles. The third-order valence-corrected chi connectivity index (χ3v) is 3.37. The molecule has 0 bridgehead atoms. The lowest BCUT2D eigenvalue weighted by molar-refractivity contribution is 0.0695. The zero-order valence-corrected chi connectivity index (χ0v) is 12.8. The second-order valence-electron chi connectivity index (χ2n) is 4.56. The summed E-state index contributed by atoms with van der Waals surface area (Å²) in [6.07, 6.45) is 0. The molecule has 108 valence electrons. The summed E-state index contributed by atoms with van der Waals surface area (Å²) in [4.78, 5) is 23.2. The van der Waals surface area contributed by atoms with Crippen molar-refractivity contribution in [2.45, 2.75) is 6.92 Å². The van der Waals surface area contributed by atoms with Crippen molar-refractivity contribution in [2.24, 2.45) is 0 Å². The van der Waals surface area contributed by atoms with Gasteiger partial charge in [-0.05, 0) is 42.8 Å². The summed E-state index contributed by atoms with van der Waals surface area (Å²) in [6, 6.07) is 9.60. The van der Waals surface area contributed by atoms with E-state index >= 15 is 0 Å². The molecule has 0 fully saturated rings. The molecule has 0 radical (unpaired) electrons. The molecule has 2 aromatic rings. The van der Waals surface area contributed by atoms with E-state index < -0.39 is 5.97 Å². The Labute approximate surface area is 129 Å². The Morgan fingerprint density at radius 1 is 1.19 bits per heavy atom. The Morgan fingerprint density at radius 2 is 1.90 bits per heavy atom. The highest BCUT2D eigenvalue weighted by Gasteiger charge is 2.11. The second kappa shape index (κ2) is 5.97. The maximum atomic E-state index is 12.1. The van der Waals surface area contributed by atoms with Crippen molar-refractivity contribution in [1.82, 2.24) is 0 Å². The van der Waals surface area contributed by atoms with Gasteiger partial charge in [0, 0.05) is 21.4 Å². The number of carbonyl (C=O) groups excluding carboxylic acids is 1. The number of aryl methyl sites for hydroxylation is 1. The van der Waals surface area contributed by atoms with Crippen LogP contribution in [0.2, 0.25) is 0 Å². The fraction of sp³-hybridized carbons (Fsp3) is 0.0667. The highest BCUT2D eigenvalue weighted by molar-refractivity contribution is 9.10. The van der Waals surface area contributed by atoms with Crippen molar-refractivity contribution >= 4 is 39.2 Å². The molecule has 0 aromatic heterocycles. The molecular formula is C15H13BrN2O3. The maximum absolute atomic E-state index is 12.1. The summed E-state index contributed by atoms with van der Waals surface area (Å²) in [5, 5.41) is 11.7. The number of amides is 1. The van der Waals surface area contributed by atoms with E-state index in [1.54, 1.807) is 37.3 Å². The minimum absolute atomic E-state index is 0.154. The Hall–Kier alpha value is -2.34. The molecule has 0 atom stereocenters. The molecular weight excluding hydrogens is 336 g/mol. The maximum Gasteiger partial charge on any atom is 0.336 e. The summed E-state index contributed by atoms with van der Waals surface area (Å²) in [7, 11) is 0.